The van der Waals surface area contributed by atoms with Crippen molar-refractivity contribution in [3.63, 3.8) is 0 Å². The van der Waals surface area contributed by atoms with E-state index in [0.29, 0.717) is 24.7 Å². The molecule has 0 rings (SSSR count). The molecule has 0 aromatic carbocycles. The maximum atomic E-state index is 5.47. The summed E-state index contributed by atoms with van der Waals surface area (Å²) < 4.78 is 15.8. The SMILES string of the molecule is C=C(C=CC)COCC(=C)C(OC)=C(C)OC. The minimum Gasteiger partial charge on any atom is -0.498 e. The first kappa shape index (κ1) is 15.5. The lowest BCUT2D eigenvalue weighted by Gasteiger charge is -2.13. The average Bonchev–Trinajstić information content (AvgIpc) is 2.30. The molecular weight excluding hydrogens is 216 g/mol. The topological polar surface area (TPSA) is 27.7 Å². The minimum atomic E-state index is 0.389. The zero-order valence-corrected chi connectivity index (χ0v) is 11.2. The van der Waals surface area contributed by atoms with Crippen LogP contribution in [0.3, 0.4) is 0 Å². The number of hydrogen-bond donors (Lipinski definition) is 0. The van der Waals surface area contributed by atoms with Crippen LogP contribution in [0.4, 0.5) is 0 Å². The molecule has 0 aliphatic rings. The van der Waals surface area contributed by atoms with Gasteiger partial charge in [-0.3, -0.25) is 0 Å². The van der Waals surface area contributed by atoms with Crippen LogP contribution in [0.1, 0.15) is 13.8 Å². The Morgan fingerprint density at radius 1 is 1.12 bits per heavy atom. The van der Waals surface area contributed by atoms with Crippen molar-refractivity contribution >= 4 is 0 Å². The third-order valence-electron chi connectivity index (χ3n) is 2.12. The predicted molar refractivity (Wildman–Crippen MR) is 70.6 cm³/mol. The van der Waals surface area contributed by atoms with E-state index < -0.39 is 0 Å². The zero-order valence-electron chi connectivity index (χ0n) is 11.2. The van der Waals surface area contributed by atoms with Gasteiger partial charge < -0.3 is 14.2 Å². The summed E-state index contributed by atoms with van der Waals surface area (Å²) in [5.74, 6) is 1.32. The van der Waals surface area contributed by atoms with Gasteiger partial charge in [0.1, 0.15) is 5.76 Å². The number of ether oxygens (including phenoxy) is 3. The molecule has 0 N–H and O–H groups in total. The molecule has 0 bridgehead atoms. The van der Waals surface area contributed by atoms with E-state index in [2.05, 4.69) is 13.2 Å². The van der Waals surface area contributed by atoms with Crippen LogP contribution in [-0.4, -0.2) is 27.4 Å². The number of allylic oxidation sites excluding steroid dienone is 2. The van der Waals surface area contributed by atoms with Crippen LogP contribution in [0.2, 0.25) is 0 Å². The van der Waals surface area contributed by atoms with Crippen molar-refractivity contribution in [3.05, 3.63) is 48.0 Å². The zero-order chi connectivity index (χ0) is 13.3. The van der Waals surface area contributed by atoms with Gasteiger partial charge >= 0.3 is 0 Å². The standard InChI is InChI=1S/C14H22O3/c1-7-8-11(2)9-17-10-12(3)14(16-6)13(4)15-5/h7-8H,2-3,9-10H2,1,4-6H3. The van der Waals surface area contributed by atoms with Crippen molar-refractivity contribution in [2.45, 2.75) is 13.8 Å². The number of rotatable bonds is 8. The smallest absolute Gasteiger partial charge is 0.161 e. The predicted octanol–water partition coefficient (Wildman–Crippen LogP) is 3.22. The second-order valence-electron chi connectivity index (χ2n) is 3.55. The normalized spacial score (nSPS) is 12.2. The Kier molecular flexibility index (Phi) is 7.89. The van der Waals surface area contributed by atoms with Crippen LogP contribution in [0.15, 0.2) is 48.0 Å². The second-order valence-corrected chi connectivity index (χ2v) is 3.55. The van der Waals surface area contributed by atoms with Crippen LogP contribution < -0.4 is 0 Å². The summed E-state index contributed by atoms with van der Waals surface area (Å²) in [6.45, 7) is 12.4. The molecule has 0 radical (unpaired) electrons. The Morgan fingerprint density at radius 2 is 1.76 bits per heavy atom. The fraction of sp³-hybridized carbons (Fsp3) is 0.429. The molecule has 0 spiro atoms. The first-order chi connectivity index (χ1) is 8.06. The Labute approximate surface area is 104 Å². The molecule has 0 atom stereocenters. The van der Waals surface area contributed by atoms with E-state index in [-0.39, 0.29) is 0 Å². The van der Waals surface area contributed by atoms with E-state index in [4.69, 9.17) is 14.2 Å². The second kappa shape index (κ2) is 8.65. The van der Waals surface area contributed by atoms with Crippen LogP contribution in [0.5, 0.6) is 0 Å². The van der Waals surface area contributed by atoms with E-state index in [1.165, 1.54) is 0 Å². The molecule has 3 nitrogen and oxygen atoms in total. The van der Waals surface area contributed by atoms with Crippen LogP contribution in [-0.2, 0) is 14.2 Å². The van der Waals surface area contributed by atoms with Crippen molar-refractivity contribution in [2.75, 3.05) is 27.4 Å². The minimum absolute atomic E-state index is 0.389. The highest BCUT2D eigenvalue weighted by molar-refractivity contribution is 5.25. The highest BCUT2D eigenvalue weighted by Gasteiger charge is 2.08. The Morgan fingerprint density at radius 3 is 2.24 bits per heavy atom. The first-order valence-corrected chi connectivity index (χ1v) is 5.42. The van der Waals surface area contributed by atoms with Crippen molar-refractivity contribution < 1.29 is 14.2 Å². The average molecular weight is 238 g/mol. The van der Waals surface area contributed by atoms with Gasteiger partial charge in [0.25, 0.3) is 0 Å². The van der Waals surface area contributed by atoms with E-state index in [1.54, 1.807) is 14.2 Å². The highest BCUT2D eigenvalue weighted by atomic mass is 16.5. The van der Waals surface area contributed by atoms with E-state index >= 15 is 0 Å². The molecule has 3 heteroatoms. The van der Waals surface area contributed by atoms with Crippen LogP contribution >= 0.6 is 0 Å². The van der Waals surface area contributed by atoms with Crippen molar-refractivity contribution in [3.8, 4) is 0 Å². The Bertz CT molecular complexity index is 324. The molecule has 0 unspecified atom stereocenters. The fourth-order valence-corrected chi connectivity index (χ4v) is 1.28. The molecule has 0 heterocycles. The van der Waals surface area contributed by atoms with Crippen LogP contribution in [0.25, 0.3) is 0 Å². The Hall–Kier alpha value is -1.48. The number of hydrogen-bond acceptors (Lipinski definition) is 3. The van der Waals surface area contributed by atoms with Gasteiger partial charge in [0.2, 0.25) is 0 Å². The summed E-state index contributed by atoms with van der Waals surface area (Å²) in [6.07, 6.45) is 3.84. The van der Waals surface area contributed by atoms with E-state index in [1.807, 2.05) is 26.0 Å². The fourth-order valence-electron chi connectivity index (χ4n) is 1.28. The van der Waals surface area contributed by atoms with E-state index in [9.17, 15) is 0 Å². The quantitative estimate of drug-likeness (QED) is 0.480. The number of methoxy groups -OCH3 is 2. The summed E-state index contributed by atoms with van der Waals surface area (Å²) >= 11 is 0. The van der Waals surface area contributed by atoms with Gasteiger partial charge in [0.15, 0.2) is 5.76 Å². The monoisotopic (exact) mass is 238 g/mol. The summed E-state index contributed by atoms with van der Waals surface area (Å²) in [5.41, 5.74) is 1.67. The molecule has 0 aromatic rings. The summed E-state index contributed by atoms with van der Waals surface area (Å²) in [7, 11) is 3.18. The first-order valence-electron chi connectivity index (χ1n) is 5.42. The van der Waals surface area contributed by atoms with Crippen molar-refractivity contribution in [1.82, 2.24) is 0 Å². The highest BCUT2D eigenvalue weighted by Crippen LogP contribution is 2.15. The summed E-state index contributed by atoms with van der Waals surface area (Å²) in [4.78, 5) is 0. The molecule has 0 amide bonds. The van der Waals surface area contributed by atoms with Crippen molar-refractivity contribution in [1.29, 1.82) is 0 Å². The lowest BCUT2D eigenvalue weighted by molar-refractivity contribution is 0.168. The van der Waals surface area contributed by atoms with E-state index in [0.717, 1.165) is 11.1 Å². The summed E-state index contributed by atoms with van der Waals surface area (Å²) in [5, 5.41) is 0. The molecule has 17 heavy (non-hydrogen) atoms. The molecular formula is C14H22O3. The lowest BCUT2D eigenvalue weighted by Crippen LogP contribution is -2.05. The van der Waals surface area contributed by atoms with Crippen LogP contribution in [0, 0.1) is 0 Å². The maximum absolute atomic E-state index is 5.47. The third-order valence-corrected chi connectivity index (χ3v) is 2.12. The molecule has 0 aliphatic carbocycles. The molecule has 0 fully saturated rings. The molecule has 0 aliphatic heterocycles. The summed E-state index contributed by atoms with van der Waals surface area (Å²) in [6, 6.07) is 0. The molecule has 0 saturated heterocycles. The van der Waals surface area contributed by atoms with Gasteiger partial charge in [-0.15, -0.1) is 0 Å². The molecule has 0 aromatic heterocycles. The lowest BCUT2D eigenvalue weighted by atomic mass is 10.2. The molecule has 96 valence electrons. The van der Waals surface area contributed by atoms with Gasteiger partial charge in [-0.05, 0) is 19.4 Å². The van der Waals surface area contributed by atoms with Gasteiger partial charge in [0.05, 0.1) is 27.4 Å². The van der Waals surface area contributed by atoms with Gasteiger partial charge in [-0.25, -0.2) is 0 Å². The maximum Gasteiger partial charge on any atom is 0.161 e. The van der Waals surface area contributed by atoms with Gasteiger partial charge in [-0.1, -0.05) is 25.3 Å². The van der Waals surface area contributed by atoms with Gasteiger partial charge in [0, 0.05) is 5.57 Å². The largest absolute Gasteiger partial charge is 0.498 e. The van der Waals surface area contributed by atoms with Gasteiger partial charge in [-0.2, -0.15) is 0 Å². The van der Waals surface area contributed by atoms with Crippen molar-refractivity contribution in [2.24, 2.45) is 0 Å². The Balaban J connectivity index is 4.22. The molecule has 0 saturated carbocycles. The third kappa shape index (κ3) is 5.97.